The van der Waals surface area contributed by atoms with Gasteiger partial charge in [-0.15, -0.1) is 0 Å². The fourth-order valence-corrected chi connectivity index (χ4v) is 10.6. The molecule has 0 bridgehead atoms. The highest BCUT2D eigenvalue weighted by Gasteiger charge is 2.38. The van der Waals surface area contributed by atoms with E-state index in [1.54, 1.807) is 0 Å². The minimum atomic E-state index is -0.684. The van der Waals surface area contributed by atoms with Crippen LogP contribution in [0.15, 0.2) is 315 Å². The van der Waals surface area contributed by atoms with Crippen LogP contribution in [0.4, 0.5) is 0 Å². The van der Waals surface area contributed by atoms with E-state index in [9.17, 15) is 0 Å². The van der Waals surface area contributed by atoms with E-state index in [0.29, 0.717) is 0 Å². The molecule has 0 aromatic heterocycles. The Morgan fingerprint density at radius 3 is 0.356 bits per heavy atom. The maximum atomic E-state index is 2.35. The molecule has 0 saturated carbocycles. The number of benzene rings is 12. The van der Waals surface area contributed by atoms with Gasteiger partial charge in [0.05, 0.1) is 5.41 Å². The van der Waals surface area contributed by atoms with Gasteiger partial charge in [-0.25, -0.2) is 0 Å². The summed E-state index contributed by atoms with van der Waals surface area (Å²) in [6, 6.07) is 115. The van der Waals surface area contributed by atoms with Crippen molar-refractivity contribution in [3.8, 4) is 89.0 Å². The molecule has 0 radical (unpaired) electrons. The summed E-state index contributed by atoms with van der Waals surface area (Å²) in [5.74, 6) is 0. The van der Waals surface area contributed by atoms with Crippen molar-refractivity contribution in [3.63, 3.8) is 0 Å². The van der Waals surface area contributed by atoms with E-state index in [1.165, 1.54) is 111 Å². The van der Waals surface area contributed by atoms with E-state index in [1.807, 2.05) is 0 Å². The quantitative estimate of drug-likeness (QED) is 0.107. The Balaban J connectivity index is 0.978. The molecule has 0 aliphatic rings. The lowest BCUT2D eigenvalue weighted by atomic mass is 9.64. The van der Waals surface area contributed by atoms with Crippen molar-refractivity contribution < 1.29 is 0 Å². The summed E-state index contributed by atoms with van der Waals surface area (Å²) < 4.78 is 0. The first-order chi connectivity index (χ1) is 36.2. The van der Waals surface area contributed by atoms with Crippen LogP contribution in [-0.4, -0.2) is 0 Å². The highest BCUT2D eigenvalue weighted by atomic mass is 14.4. The maximum Gasteiger partial charge on any atom is 0.0701 e. The van der Waals surface area contributed by atoms with Crippen LogP contribution in [0.25, 0.3) is 89.0 Å². The smallest absolute Gasteiger partial charge is 0.0622 e. The topological polar surface area (TPSA) is 0 Å². The van der Waals surface area contributed by atoms with Crippen LogP contribution in [0.3, 0.4) is 0 Å². The predicted octanol–water partition coefficient (Wildman–Crippen LogP) is 19.4. The lowest BCUT2D eigenvalue weighted by Gasteiger charge is -2.37. The van der Waals surface area contributed by atoms with Crippen LogP contribution in [0, 0.1) is 0 Å². The van der Waals surface area contributed by atoms with E-state index in [2.05, 4.69) is 315 Å². The van der Waals surface area contributed by atoms with Crippen molar-refractivity contribution in [1.29, 1.82) is 0 Å². The fraction of sp³-hybridized carbons (Fsp3) is 0.0137. The van der Waals surface area contributed by atoms with Gasteiger partial charge in [-0.1, -0.05) is 315 Å². The van der Waals surface area contributed by atoms with Crippen LogP contribution >= 0.6 is 0 Å². The van der Waals surface area contributed by atoms with Gasteiger partial charge in [-0.2, -0.15) is 0 Å². The van der Waals surface area contributed by atoms with E-state index in [-0.39, 0.29) is 0 Å². The van der Waals surface area contributed by atoms with Crippen LogP contribution in [-0.2, 0) is 5.41 Å². The lowest BCUT2D eigenvalue weighted by molar-refractivity contribution is 0.745. The molecule has 12 rings (SSSR count). The van der Waals surface area contributed by atoms with Gasteiger partial charge in [0.25, 0.3) is 0 Å². The van der Waals surface area contributed by atoms with Gasteiger partial charge in [0.15, 0.2) is 0 Å². The molecule has 0 heteroatoms. The molecule has 73 heavy (non-hydrogen) atoms. The first-order valence-electron chi connectivity index (χ1n) is 25.2. The van der Waals surface area contributed by atoms with E-state index in [4.69, 9.17) is 0 Å². The van der Waals surface area contributed by atoms with Gasteiger partial charge in [0, 0.05) is 0 Å². The zero-order chi connectivity index (χ0) is 48.8. The highest BCUT2D eigenvalue weighted by Crippen LogP contribution is 2.47. The van der Waals surface area contributed by atoms with E-state index >= 15 is 0 Å². The normalized spacial score (nSPS) is 11.3. The molecule has 0 aliphatic heterocycles. The lowest BCUT2D eigenvalue weighted by Crippen LogP contribution is -2.31. The molecule has 0 N–H and O–H groups in total. The van der Waals surface area contributed by atoms with Gasteiger partial charge >= 0.3 is 0 Å². The molecule has 0 fully saturated rings. The number of hydrogen-bond acceptors (Lipinski definition) is 0. The second-order valence-corrected chi connectivity index (χ2v) is 18.8. The zero-order valence-electron chi connectivity index (χ0n) is 40.5. The summed E-state index contributed by atoms with van der Waals surface area (Å²) in [7, 11) is 0. The molecule has 0 heterocycles. The molecular weight excluding hydrogens is 877 g/mol. The second-order valence-electron chi connectivity index (χ2n) is 18.8. The molecule has 0 aliphatic carbocycles. The molecule has 0 saturated heterocycles. The summed E-state index contributed by atoms with van der Waals surface area (Å²) >= 11 is 0. The average Bonchev–Trinajstić information content (AvgIpc) is 3.49. The van der Waals surface area contributed by atoms with Crippen LogP contribution in [0.2, 0.25) is 0 Å². The molecule has 0 spiro atoms. The molecular formula is C73H52. The van der Waals surface area contributed by atoms with Gasteiger partial charge in [0.2, 0.25) is 0 Å². The van der Waals surface area contributed by atoms with Gasteiger partial charge < -0.3 is 0 Å². The van der Waals surface area contributed by atoms with E-state index in [0.717, 1.165) is 0 Å². The molecule has 12 aromatic rings. The molecule has 0 amide bonds. The summed E-state index contributed by atoms with van der Waals surface area (Å²) in [4.78, 5) is 0. The van der Waals surface area contributed by atoms with E-state index < -0.39 is 5.41 Å². The summed E-state index contributed by atoms with van der Waals surface area (Å²) in [5.41, 5.74) is 23.2. The Labute approximate surface area is 429 Å². The van der Waals surface area contributed by atoms with Crippen molar-refractivity contribution >= 4 is 0 Å². The Kier molecular flexibility index (Phi) is 12.4. The average molecular weight is 929 g/mol. The van der Waals surface area contributed by atoms with Crippen LogP contribution in [0.5, 0.6) is 0 Å². The SMILES string of the molecule is c1ccc(-c2ccc(-c3ccc(C(c4ccc(-c5ccc(-c6ccccc6)cc5)cc4)(c4ccc(-c5ccc(-c6ccccc6)cc5)cc4)c4ccc(-c5ccc(-c6ccccc6)cc5)cc4)cc3)cc2)cc1. The molecule has 0 nitrogen and oxygen atoms in total. The molecule has 12 aromatic carbocycles. The fourth-order valence-electron chi connectivity index (χ4n) is 10.6. The maximum absolute atomic E-state index is 2.35. The summed E-state index contributed by atoms with van der Waals surface area (Å²) in [6.07, 6.45) is 0. The van der Waals surface area contributed by atoms with Gasteiger partial charge in [0.1, 0.15) is 0 Å². The van der Waals surface area contributed by atoms with Crippen LogP contribution in [0.1, 0.15) is 22.3 Å². The van der Waals surface area contributed by atoms with Crippen molar-refractivity contribution in [2.45, 2.75) is 5.41 Å². The summed E-state index contributed by atoms with van der Waals surface area (Å²) in [6.45, 7) is 0. The minimum Gasteiger partial charge on any atom is -0.0622 e. The Hall–Kier alpha value is -9.36. The highest BCUT2D eigenvalue weighted by molar-refractivity contribution is 5.77. The van der Waals surface area contributed by atoms with Crippen molar-refractivity contribution in [3.05, 3.63) is 338 Å². The molecule has 344 valence electrons. The molecule has 0 atom stereocenters. The predicted molar refractivity (Wildman–Crippen MR) is 308 cm³/mol. The monoisotopic (exact) mass is 928 g/mol. The first-order valence-corrected chi connectivity index (χ1v) is 25.2. The van der Waals surface area contributed by atoms with Crippen molar-refractivity contribution in [2.24, 2.45) is 0 Å². The van der Waals surface area contributed by atoms with Gasteiger partial charge in [-0.3, -0.25) is 0 Å². The number of hydrogen-bond donors (Lipinski definition) is 0. The second kappa shape index (κ2) is 20.2. The van der Waals surface area contributed by atoms with Crippen molar-refractivity contribution in [1.82, 2.24) is 0 Å². The third-order valence-electron chi connectivity index (χ3n) is 14.6. The Morgan fingerprint density at radius 2 is 0.219 bits per heavy atom. The standard InChI is InChI=1S/C73H52/c1-5-13-53(14-6-1)57-21-29-61(30-22-57)65-37-45-69(46-38-65)73(70-47-39-66(40-48-70)62-31-23-58(24-32-62)54-15-7-2-8-16-54,71-49-41-67(42-50-71)63-33-25-59(26-34-63)55-17-9-3-10-18-55)72-51-43-68(44-52-72)64-35-27-60(28-36-64)56-19-11-4-12-20-56/h1-52H. The van der Waals surface area contributed by atoms with Crippen LogP contribution < -0.4 is 0 Å². The van der Waals surface area contributed by atoms with Crippen molar-refractivity contribution in [2.75, 3.05) is 0 Å². The first kappa shape index (κ1) is 44.8. The zero-order valence-corrected chi connectivity index (χ0v) is 40.5. The minimum absolute atomic E-state index is 0.684. The largest absolute Gasteiger partial charge is 0.0701 e. The number of rotatable bonds is 12. The Bertz CT molecular complexity index is 3180. The van der Waals surface area contributed by atoms with Gasteiger partial charge in [-0.05, 0) is 111 Å². The Morgan fingerprint density at radius 1 is 0.110 bits per heavy atom. The summed E-state index contributed by atoms with van der Waals surface area (Å²) in [5, 5.41) is 0. The third-order valence-corrected chi connectivity index (χ3v) is 14.6. The third kappa shape index (κ3) is 9.15. The molecule has 0 unspecified atom stereocenters.